The molecule has 5 nitrogen and oxygen atoms in total. The lowest BCUT2D eigenvalue weighted by molar-refractivity contribution is -0.132. The second kappa shape index (κ2) is 10.2. The highest BCUT2D eigenvalue weighted by atomic mass is 35.5. The normalized spacial score (nSPS) is 16.6. The first kappa shape index (κ1) is 19.5. The minimum atomic E-state index is -0.370. The molecule has 0 aliphatic carbocycles. The molecule has 1 atom stereocenters. The Hall–Kier alpha value is -1.59. The molecule has 1 heterocycles. The number of carbonyl (C=O) groups is 2. The molecule has 0 bridgehead atoms. The Morgan fingerprint density at radius 2 is 1.96 bits per heavy atom. The van der Waals surface area contributed by atoms with E-state index in [0.717, 1.165) is 31.5 Å². The van der Waals surface area contributed by atoms with Gasteiger partial charge in [-0.2, -0.15) is 0 Å². The third-order valence-corrected chi connectivity index (χ3v) is 4.13. The van der Waals surface area contributed by atoms with Gasteiger partial charge >= 0.3 is 0 Å². The second-order valence-corrected chi connectivity index (χ2v) is 5.91. The molecule has 1 aliphatic rings. The third-order valence-electron chi connectivity index (χ3n) is 4.13. The third kappa shape index (κ3) is 7.01. The average Bonchev–Trinajstić information content (AvgIpc) is 3.03. The number of amides is 2. The summed E-state index contributed by atoms with van der Waals surface area (Å²) in [7, 11) is 0. The Kier molecular flexibility index (Phi) is 8.66. The Labute approximate surface area is 144 Å². The van der Waals surface area contributed by atoms with E-state index >= 15 is 0 Å². The first-order chi connectivity index (χ1) is 10.6. The van der Waals surface area contributed by atoms with Crippen LogP contribution in [0.5, 0.6) is 0 Å². The van der Waals surface area contributed by atoms with Crippen LogP contribution in [-0.2, 0) is 16.1 Å². The van der Waals surface area contributed by atoms with Crippen LogP contribution in [0.15, 0.2) is 30.3 Å². The van der Waals surface area contributed by atoms with E-state index in [2.05, 4.69) is 5.32 Å². The highest BCUT2D eigenvalue weighted by Gasteiger charge is 2.19. The fraction of sp³-hybridized carbons (Fsp3) is 0.529. The van der Waals surface area contributed by atoms with Crippen LogP contribution < -0.4 is 11.1 Å². The zero-order valence-corrected chi connectivity index (χ0v) is 14.2. The molecule has 23 heavy (non-hydrogen) atoms. The zero-order valence-electron chi connectivity index (χ0n) is 13.4. The van der Waals surface area contributed by atoms with Gasteiger partial charge in [0, 0.05) is 25.9 Å². The molecule has 3 N–H and O–H groups in total. The van der Waals surface area contributed by atoms with Crippen LogP contribution in [0.1, 0.15) is 31.2 Å². The van der Waals surface area contributed by atoms with Crippen molar-refractivity contribution in [3.63, 3.8) is 0 Å². The number of halogens is 1. The summed E-state index contributed by atoms with van der Waals surface area (Å²) in [5, 5.41) is 3.32. The van der Waals surface area contributed by atoms with Gasteiger partial charge in [0.2, 0.25) is 11.8 Å². The Morgan fingerprint density at radius 1 is 1.22 bits per heavy atom. The van der Waals surface area contributed by atoms with E-state index in [1.807, 2.05) is 30.3 Å². The van der Waals surface area contributed by atoms with E-state index < -0.39 is 0 Å². The molecule has 1 aromatic rings. The fourth-order valence-electron chi connectivity index (χ4n) is 2.79. The summed E-state index contributed by atoms with van der Waals surface area (Å²) in [5.74, 6) is 0.335. The van der Waals surface area contributed by atoms with Gasteiger partial charge in [0.25, 0.3) is 0 Å². The summed E-state index contributed by atoms with van der Waals surface area (Å²) in [4.78, 5) is 25.2. The topological polar surface area (TPSA) is 75.4 Å². The van der Waals surface area contributed by atoms with Crippen molar-refractivity contribution in [2.75, 3.05) is 19.6 Å². The van der Waals surface area contributed by atoms with Gasteiger partial charge in [0.1, 0.15) is 0 Å². The van der Waals surface area contributed by atoms with E-state index in [1.165, 1.54) is 0 Å². The summed E-state index contributed by atoms with van der Waals surface area (Å²) in [6.45, 7) is 2.99. The molecule has 0 aromatic heterocycles. The van der Waals surface area contributed by atoms with Gasteiger partial charge < -0.3 is 16.0 Å². The van der Waals surface area contributed by atoms with E-state index in [0.29, 0.717) is 25.4 Å². The number of benzene rings is 1. The summed E-state index contributed by atoms with van der Waals surface area (Å²) in [5.41, 5.74) is 6.29. The van der Waals surface area contributed by atoms with Crippen molar-refractivity contribution >= 4 is 24.2 Å². The van der Waals surface area contributed by atoms with Crippen molar-refractivity contribution in [3.05, 3.63) is 35.9 Å². The first-order valence-electron chi connectivity index (χ1n) is 7.96. The predicted molar refractivity (Wildman–Crippen MR) is 93.1 cm³/mol. The molecular weight excluding hydrogens is 314 g/mol. The molecule has 1 saturated heterocycles. The fourth-order valence-corrected chi connectivity index (χ4v) is 2.79. The lowest BCUT2D eigenvalue weighted by atomic mass is 10.0. The number of carbonyl (C=O) groups excluding carboxylic acids is 2. The van der Waals surface area contributed by atoms with Crippen molar-refractivity contribution in [1.29, 1.82) is 0 Å². The van der Waals surface area contributed by atoms with Crippen LogP contribution in [0.4, 0.5) is 0 Å². The largest absolute Gasteiger partial charge is 0.370 e. The van der Waals surface area contributed by atoms with Crippen molar-refractivity contribution < 1.29 is 9.59 Å². The molecule has 0 spiro atoms. The molecule has 2 amide bonds. The van der Waals surface area contributed by atoms with Gasteiger partial charge in [-0.15, -0.1) is 12.4 Å². The summed E-state index contributed by atoms with van der Waals surface area (Å²) >= 11 is 0. The molecule has 0 radical (unpaired) electrons. The maximum absolute atomic E-state index is 12.5. The predicted octanol–water partition coefficient (Wildman–Crippen LogP) is 1.70. The van der Waals surface area contributed by atoms with E-state index in [4.69, 9.17) is 5.73 Å². The van der Waals surface area contributed by atoms with Crippen molar-refractivity contribution in [3.8, 4) is 0 Å². The minimum Gasteiger partial charge on any atom is -0.370 e. The second-order valence-electron chi connectivity index (χ2n) is 5.91. The number of hydrogen-bond acceptors (Lipinski definition) is 3. The van der Waals surface area contributed by atoms with Crippen LogP contribution in [0.25, 0.3) is 0 Å². The van der Waals surface area contributed by atoms with Gasteiger partial charge in [-0.25, -0.2) is 0 Å². The maximum atomic E-state index is 12.5. The molecule has 1 aromatic carbocycles. The number of primary amides is 1. The van der Waals surface area contributed by atoms with Gasteiger partial charge in [0.15, 0.2) is 0 Å². The highest BCUT2D eigenvalue weighted by Crippen LogP contribution is 2.16. The monoisotopic (exact) mass is 339 g/mol. The average molecular weight is 340 g/mol. The molecule has 1 unspecified atom stereocenters. The molecule has 1 fully saturated rings. The van der Waals surface area contributed by atoms with Gasteiger partial charge in [0.05, 0.1) is 0 Å². The molecule has 0 saturated carbocycles. The summed E-state index contributed by atoms with van der Waals surface area (Å²) in [6, 6.07) is 9.84. The Bertz CT molecular complexity index is 490. The van der Waals surface area contributed by atoms with Gasteiger partial charge in [-0.1, -0.05) is 30.3 Å². The number of rotatable bonds is 8. The van der Waals surface area contributed by atoms with Gasteiger partial charge in [-0.3, -0.25) is 9.59 Å². The van der Waals surface area contributed by atoms with Crippen LogP contribution >= 0.6 is 12.4 Å². The number of nitrogens with zero attached hydrogens (tertiary/aromatic N) is 1. The first-order valence-corrected chi connectivity index (χ1v) is 7.96. The lowest BCUT2D eigenvalue weighted by Gasteiger charge is -2.23. The van der Waals surface area contributed by atoms with E-state index in [9.17, 15) is 9.59 Å². The smallest absolute Gasteiger partial charge is 0.222 e. The van der Waals surface area contributed by atoms with Gasteiger partial charge in [-0.05, 0) is 37.4 Å². The maximum Gasteiger partial charge on any atom is 0.222 e. The molecule has 128 valence electrons. The van der Waals surface area contributed by atoms with Crippen molar-refractivity contribution in [1.82, 2.24) is 10.2 Å². The van der Waals surface area contributed by atoms with Crippen LogP contribution in [-0.4, -0.2) is 36.3 Å². The van der Waals surface area contributed by atoms with Crippen molar-refractivity contribution in [2.24, 2.45) is 11.7 Å². The SMILES string of the molecule is Cl.NC(=O)CCN(Cc1ccccc1)C(=O)CCC1CCNC1. The molecule has 1 aliphatic heterocycles. The van der Waals surface area contributed by atoms with E-state index in [1.54, 1.807) is 4.90 Å². The standard InChI is InChI=1S/C17H25N3O2.ClH/c18-16(21)9-11-20(13-15-4-2-1-3-5-15)17(22)7-6-14-8-10-19-12-14;/h1-5,14,19H,6-13H2,(H2,18,21);1H. The lowest BCUT2D eigenvalue weighted by Crippen LogP contribution is -2.33. The number of nitrogens with two attached hydrogens (primary N) is 1. The minimum absolute atomic E-state index is 0. The van der Waals surface area contributed by atoms with Crippen LogP contribution in [0, 0.1) is 5.92 Å². The molecular formula is C17H26ClN3O2. The zero-order chi connectivity index (χ0) is 15.8. The van der Waals surface area contributed by atoms with Crippen LogP contribution in [0.2, 0.25) is 0 Å². The quantitative estimate of drug-likeness (QED) is 0.757. The van der Waals surface area contributed by atoms with E-state index in [-0.39, 0.29) is 30.6 Å². The number of nitrogens with one attached hydrogen (secondary N) is 1. The summed E-state index contributed by atoms with van der Waals surface area (Å²) in [6.07, 6.45) is 2.81. The van der Waals surface area contributed by atoms with Crippen molar-refractivity contribution in [2.45, 2.75) is 32.2 Å². The summed E-state index contributed by atoms with van der Waals surface area (Å²) < 4.78 is 0. The Balaban J connectivity index is 0.00000264. The Morgan fingerprint density at radius 3 is 2.57 bits per heavy atom. The molecule has 2 rings (SSSR count). The van der Waals surface area contributed by atoms with Crippen LogP contribution in [0.3, 0.4) is 0 Å². The highest BCUT2D eigenvalue weighted by molar-refractivity contribution is 5.85. The number of hydrogen-bond donors (Lipinski definition) is 2. The molecule has 6 heteroatoms.